The van der Waals surface area contributed by atoms with Crippen molar-refractivity contribution >= 4 is 10.9 Å². The minimum absolute atomic E-state index is 0.224. The predicted octanol–water partition coefficient (Wildman–Crippen LogP) is 4.15. The number of fused-ring (bicyclic) bond motifs is 1. The smallest absolute Gasteiger partial charge is 0.123 e. The first-order chi connectivity index (χ1) is 10.3. The minimum Gasteiger partial charge on any atom is -0.313 e. The van der Waals surface area contributed by atoms with E-state index in [0.717, 1.165) is 40.7 Å². The Hall–Kier alpha value is -2.26. The maximum absolute atomic E-state index is 13.6. The molecule has 3 rings (SSSR count). The van der Waals surface area contributed by atoms with E-state index in [1.807, 2.05) is 36.5 Å². The van der Waals surface area contributed by atoms with Crippen molar-refractivity contribution in [1.29, 1.82) is 0 Å². The lowest BCUT2D eigenvalue weighted by molar-refractivity contribution is 0.626. The molecule has 3 aromatic rings. The number of halogens is 1. The van der Waals surface area contributed by atoms with E-state index >= 15 is 0 Å². The van der Waals surface area contributed by atoms with Crippen molar-refractivity contribution in [2.75, 3.05) is 6.54 Å². The van der Waals surface area contributed by atoms with E-state index in [9.17, 15) is 4.39 Å². The Labute approximate surface area is 123 Å². The highest BCUT2D eigenvalue weighted by atomic mass is 19.1. The van der Waals surface area contributed by atoms with E-state index < -0.39 is 0 Å². The van der Waals surface area contributed by atoms with E-state index in [-0.39, 0.29) is 5.82 Å². The van der Waals surface area contributed by atoms with Crippen LogP contribution in [-0.2, 0) is 6.54 Å². The second-order valence-corrected chi connectivity index (χ2v) is 5.00. The Balaban J connectivity index is 2.09. The van der Waals surface area contributed by atoms with Crippen LogP contribution in [0, 0.1) is 5.82 Å². The number of rotatable bonds is 4. The highest BCUT2D eigenvalue weighted by Crippen LogP contribution is 2.27. The number of hydrogen-bond donors (Lipinski definition) is 1. The van der Waals surface area contributed by atoms with Crippen molar-refractivity contribution in [2.45, 2.75) is 13.5 Å². The Bertz CT molecular complexity index is 768. The van der Waals surface area contributed by atoms with Crippen LogP contribution in [0.3, 0.4) is 0 Å². The molecule has 106 valence electrons. The molecule has 0 saturated heterocycles. The van der Waals surface area contributed by atoms with Gasteiger partial charge in [-0.15, -0.1) is 0 Å². The molecule has 0 amide bonds. The number of para-hydroxylation sites is 1. The van der Waals surface area contributed by atoms with Gasteiger partial charge in [0.15, 0.2) is 0 Å². The lowest BCUT2D eigenvalue weighted by Crippen LogP contribution is -2.12. The standard InChI is InChI=1S/C18H17FN2/c1-2-20-11-14-7-8-16(19)10-17(14)15-9-13-5-3-4-6-18(13)21-12-15/h3-10,12,20H,2,11H2,1H3. The molecule has 0 spiro atoms. The summed E-state index contributed by atoms with van der Waals surface area (Å²) in [6.07, 6.45) is 1.81. The monoisotopic (exact) mass is 280 g/mol. The van der Waals surface area contributed by atoms with Gasteiger partial charge in [0.2, 0.25) is 0 Å². The van der Waals surface area contributed by atoms with Gasteiger partial charge in [0.1, 0.15) is 5.82 Å². The van der Waals surface area contributed by atoms with Crippen LogP contribution in [0.5, 0.6) is 0 Å². The fourth-order valence-corrected chi connectivity index (χ4v) is 2.45. The molecule has 0 aliphatic rings. The number of nitrogens with one attached hydrogen (secondary N) is 1. The van der Waals surface area contributed by atoms with E-state index in [2.05, 4.69) is 23.3 Å². The molecular weight excluding hydrogens is 263 g/mol. The Morgan fingerprint density at radius 3 is 2.81 bits per heavy atom. The van der Waals surface area contributed by atoms with E-state index in [4.69, 9.17) is 0 Å². The fraction of sp³-hybridized carbons (Fsp3) is 0.167. The van der Waals surface area contributed by atoms with Gasteiger partial charge in [-0.3, -0.25) is 4.98 Å². The zero-order valence-corrected chi connectivity index (χ0v) is 11.9. The molecule has 0 bridgehead atoms. The van der Waals surface area contributed by atoms with Gasteiger partial charge in [-0.1, -0.05) is 31.2 Å². The van der Waals surface area contributed by atoms with Gasteiger partial charge in [-0.2, -0.15) is 0 Å². The average Bonchev–Trinajstić information content (AvgIpc) is 2.53. The molecule has 3 heteroatoms. The van der Waals surface area contributed by atoms with Gasteiger partial charge < -0.3 is 5.32 Å². The van der Waals surface area contributed by atoms with E-state index in [1.54, 1.807) is 6.07 Å². The number of aromatic nitrogens is 1. The van der Waals surface area contributed by atoms with Crippen molar-refractivity contribution in [1.82, 2.24) is 10.3 Å². The maximum Gasteiger partial charge on any atom is 0.123 e. The summed E-state index contributed by atoms with van der Waals surface area (Å²) >= 11 is 0. The van der Waals surface area contributed by atoms with E-state index in [1.165, 1.54) is 6.07 Å². The van der Waals surface area contributed by atoms with Gasteiger partial charge in [-0.05, 0) is 41.9 Å². The minimum atomic E-state index is -0.224. The SMILES string of the molecule is CCNCc1ccc(F)cc1-c1cnc2ccccc2c1. The Morgan fingerprint density at radius 2 is 1.95 bits per heavy atom. The molecule has 0 aliphatic carbocycles. The first-order valence-corrected chi connectivity index (χ1v) is 7.12. The predicted molar refractivity (Wildman–Crippen MR) is 84.5 cm³/mol. The molecule has 0 atom stereocenters. The quantitative estimate of drug-likeness (QED) is 0.776. The molecule has 0 unspecified atom stereocenters. The van der Waals surface area contributed by atoms with Crippen LogP contribution in [0.1, 0.15) is 12.5 Å². The number of nitrogens with zero attached hydrogens (tertiary/aromatic N) is 1. The molecule has 2 nitrogen and oxygen atoms in total. The van der Waals surface area contributed by atoms with Crippen molar-refractivity contribution in [3.63, 3.8) is 0 Å². The van der Waals surface area contributed by atoms with Crippen LogP contribution >= 0.6 is 0 Å². The number of pyridine rings is 1. The van der Waals surface area contributed by atoms with Crippen molar-refractivity contribution in [3.05, 3.63) is 66.1 Å². The lowest BCUT2D eigenvalue weighted by Gasteiger charge is -2.11. The van der Waals surface area contributed by atoms with E-state index in [0.29, 0.717) is 0 Å². The second-order valence-electron chi connectivity index (χ2n) is 5.00. The highest BCUT2D eigenvalue weighted by molar-refractivity contribution is 5.84. The summed E-state index contributed by atoms with van der Waals surface area (Å²) in [5.74, 6) is -0.224. The molecule has 0 fully saturated rings. The summed E-state index contributed by atoms with van der Waals surface area (Å²) in [5, 5.41) is 4.35. The third-order valence-electron chi connectivity index (χ3n) is 3.54. The van der Waals surface area contributed by atoms with Gasteiger partial charge in [0.25, 0.3) is 0 Å². The molecule has 1 N–H and O–H groups in total. The summed E-state index contributed by atoms with van der Waals surface area (Å²) in [5.41, 5.74) is 3.87. The zero-order valence-electron chi connectivity index (χ0n) is 11.9. The van der Waals surface area contributed by atoms with Crippen molar-refractivity contribution in [3.8, 4) is 11.1 Å². The summed E-state index contributed by atoms with van der Waals surface area (Å²) < 4.78 is 13.6. The normalized spacial score (nSPS) is 11.0. The molecule has 2 aromatic carbocycles. The second kappa shape index (κ2) is 6.02. The van der Waals surface area contributed by atoms with Crippen LogP contribution in [0.4, 0.5) is 4.39 Å². The van der Waals surface area contributed by atoms with Crippen LogP contribution in [0.15, 0.2) is 54.7 Å². The Kier molecular flexibility index (Phi) is 3.93. The number of benzene rings is 2. The number of hydrogen-bond acceptors (Lipinski definition) is 2. The largest absolute Gasteiger partial charge is 0.313 e. The first kappa shape index (κ1) is 13.7. The molecule has 0 aliphatic heterocycles. The van der Waals surface area contributed by atoms with Crippen LogP contribution in [0.2, 0.25) is 0 Å². The van der Waals surface area contributed by atoms with Crippen molar-refractivity contribution < 1.29 is 4.39 Å². The molecule has 1 heterocycles. The fourth-order valence-electron chi connectivity index (χ4n) is 2.45. The molecular formula is C18H17FN2. The maximum atomic E-state index is 13.6. The molecule has 1 aromatic heterocycles. The molecule has 0 saturated carbocycles. The summed E-state index contributed by atoms with van der Waals surface area (Å²) in [4.78, 5) is 4.47. The Morgan fingerprint density at radius 1 is 1.10 bits per heavy atom. The third-order valence-corrected chi connectivity index (χ3v) is 3.54. The van der Waals surface area contributed by atoms with Crippen LogP contribution in [-0.4, -0.2) is 11.5 Å². The summed E-state index contributed by atoms with van der Waals surface area (Å²) in [6.45, 7) is 3.66. The zero-order chi connectivity index (χ0) is 14.7. The van der Waals surface area contributed by atoms with Crippen LogP contribution < -0.4 is 5.32 Å². The summed E-state index contributed by atoms with van der Waals surface area (Å²) in [6, 6.07) is 14.9. The molecule has 21 heavy (non-hydrogen) atoms. The third kappa shape index (κ3) is 2.93. The van der Waals surface area contributed by atoms with Gasteiger partial charge in [0, 0.05) is 23.7 Å². The summed E-state index contributed by atoms with van der Waals surface area (Å²) in [7, 11) is 0. The van der Waals surface area contributed by atoms with Gasteiger partial charge in [-0.25, -0.2) is 4.39 Å². The van der Waals surface area contributed by atoms with Crippen LogP contribution in [0.25, 0.3) is 22.0 Å². The van der Waals surface area contributed by atoms with Gasteiger partial charge >= 0.3 is 0 Å². The topological polar surface area (TPSA) is 24.9 Å². The molecule has 0 radical (unpaired) electrons. The lowest BCUT2D eigenvalue weighted by atomic mass is 9.99. The first-order valence-electron chi connectivity index (χ1n) is 7.12. The van der Waals surface area contributed by atoms with Crippen molar-refractivity contribution in [2.24, 2.45) is 0 Å². The van der Waals surface area contributed by atoms with Gasteiger partial charge in [0.05, 0.1) is 5.52 Å². The average molecular weight is 280 g/mol. The highest BCUT2D eigenvalue weighted by Gasteiger charge is 2.08.